The summed E-state index contributed by atoms with van der Waals surface area (Å²) in [5.41, 5.74) is -0.702. The minimum Gasteiger partial charge on any atom is -0.481 e. The van der Waals surface area contributed by atoms with Crippen LogP contribution in [0.1, 0.15) is 64.1 Å². The van der Waals surface area contributed by atoms with Gasteiger partial charge in [-0.05, 0) is 19.3 Å². The molecule has 21 heavy (non-hydrogen) atoms. The minimum atomic E-state index is -0.726. The number of carboxylic acid groups (broad SMARTS) is 1. The lowest BCUT2D eigenvalue weighted by Gasteiger charge is -2.31. The number of hydrogen-bond donors (Lipinski definition) is 1. The standard InChI is InChI=1S/C15H24N2O3S/c1-3-11(2)21-10-12-16-13(20-17-12)9-15(14(18)19)7-5-4-6-8-15/h11H,3-10H2,1-2H3,(H,18,19). The van der Waals surface area contributed by atoms with Crippen molar-refractivity contribution in [2.45, 2.75) is 69.8 Å². The number of hydrogen-bond acceptors (Lipinski definition) is 5. The highest BCUT2D eigenvalue weighted by Gasteiger charge is 2.41. The molecule has 1 atom stereocenters. The van der Waals surface area contributed by atoms with Crippen LogP contribution in [0.25, 0.3) is 0 Å². The molecule has 1 aromatic rings. The van der Waals surface area contributed by atoms with Crippen LogP contribution in [0.2, 0.25) is 0 Å². The first-order valence-corrected chi connectivity index (χ1v) is 8.77. The van der Waals surface area contributed by atoms with Crippen molar-refractivity contribution in [1.82, 2.24) is 10.1 Å². The second kappa shape index (κ2) is 7.29. The molecule has 1 heterocycles. The van der Waals surface area contributed by atoms with Crippen LogP contribution in [-0.2, 0) is 17.0 Å². The Morgan fingerprint density at radius 3 is 2.76 bits per heavy atom. The van der Waals surface area contributed by atoms with E-state index in [4.69, 9.17) is 4.52 Å². The van der Waals surface area contributed by atoms with E-state index in [9.17, 15) is 9.90 Å². The minimum absolute atomic E-state index is 0.364. The Kier molecular flexibility index (Phi) is 5.67. The smallest absolute Gasteiger partial charge is 0.310 e. The zero-order valence-corrected chi connectivity index (χ0v) is 13.6. The van der Waals surface area contributed by atoms with Crippen LogP contribution in [0, 0.1) is 5.41 Å². The molecule has 1 aliphatic carbocycles. The zero-order chi connectivity index (χ0) is 15.3. The molecule has 0 saturated heterocycles. The van der Waals surface area contributed by atoms with Crippen LogP contribution in [-0.4, -0.2) is 26.5 Å². The Hall–Kier alpha value is -1.04. The zero-order valence-electron chi connectivity index (χ0n) is 12.8. The van der Waals surface area contributed by atoms with Crippen molar-refractivity contribution in [2.24, 2.45) is 5.41 Å². The average Bonchev–Trinajstić information content (AvgIpc) is 2.93. The first kappa shape index (κ1) is 16.3. The molecule has 1 saturated carbocycles. The normalized spacial score (nSPS) is 19.3. The number of carboxylic acids is 1. The Morgan fingerprint density at radius 1 is 1.43 bits per heavy atom. The second-order valence-electron chi connectivity index (χ2n) is 5.96. The fourth-order valence-electron chi connectivity index (χ4n) is 2.74. The van der Waals surface area contributed by atoms with Crippen molar-refractivity contribution in [1.29, 1.82) is 0 Å². The van der Waals surface area contributed by atoms with E-state index in [0.29, 0.717) is 36.2 Å². The van der Waals surface area contributed by atoms with E-state index in [1.54, 1.807) is 11.8 Å². The summed E-state index contributed by atoms with van der Waals surface area (Å²) >= 11 is 1.79. The molecule has 1 unspecified atom stereocenters. The maximum Gasteiger partial charge on any atom is 0.310 e. The Bertz CT molecular complexity index is 469. The van der Waals surface area contributed by atoms with Crippen LogP contribution < -0.4 is 0 Å². The van der Waals surface area contributed by atoms with Gasteiger partial charge in [0.25, 0.3) is 0 Å². The molecule has 118 valence electrons. The van der Waals surface area contributed by atoms with Crippen LogP contribution >= 0.6 is 11.8 Å². The van der Waals surface area contributed by atoms with E-state index in [2.05, 4.69) is 24.0 Å². The molecule has 0 aliphatic heterocycles. The predicted octanol–water partition coefficient (Wildman–Crippen LogP) is 3.68. The fraction of sp³-hybridized carbons (Fsp3) is 0.800. The van der Waals surface area contributed by atoms with Crippen molar-refractivity contribution >= 4 is 17.7 Å². The third-order valence-corrected chi connectivity index (χ3v) is 5.66. The number of thioether (sulfide) groups is 1. The largest absolute Gasteiger partial charge is 0.481 e. The van der Waals surface area contributed by atoms with Crippen molar-refractivity contribution in [3.05, 3.63) is 11.7 Å². The van der Waals surface area contributed by atoms with Crippen molar-refractivity contribution < 1.29 is 14.4 Å². The van der Waals surface area contributed by atoms with Crippen molar-refractivity contribution in [3.8, 4) is 0 Å². The number of aliphatic carboxylic acids is 1. The van der Waals surface area contributed by atoms with Gasteiger partial charge in [-0.25, -0.2) is 0 Å². The van der Waals surface area contributed by atoms with E-state index in [0.717, 1.165) is 31.4 Å². The highest BCUT2D eigenvalue weighted by atomic mass is 32.2. The number of nitrogens with zero attached hydrogens (tertiary/aromatic N) is 2. The SMILES string of the molecule is CCC(C)SCc1noc(CC2(C(=O)O)CCCCC2)n1. The lowest BCUT2D eigenvalue weighted by molar-refractivity contribution is -0.151. The lowest BCUT2D eigenvalue weighted by atomic mass is 9.72. The quantitative estimate of drug-likeness (QED) is 0.827. The molecule has 1 N–H and O–H groups in total. The number of carbonyl (C=O) groups is 1. The molecule has 0 bridgehead atoms. The monoisotopic (exact) mass is 312 g/mol. The van der Waals surface area contributed by atoms with Crippen molar-refractivity contribution in [2.75, 3.05) is 0 Å². The molecule has 0 amide bonds. The predicted molar refractivity (Wildman–Crippen MR) is 82.2 cm³/mol. The first-order valence-electron chi connectivity index (χ1n) is 7.72. The van der Waals surface area contributed by atoms with E-state index in [1.807, 2.05) is 0 Å². The molecule has 1 aliphatic rings. The van der Waals surface area contributed by atoms with Gasteiger partial charge in [-0.2, -0.15) is 16.7 Å². The third kappa shape index (κ3) is 4.22. The summed E-state index contributed by atoms with van der Waals surface area (Å²) in [5.74, 6) is 1.14. The summed E-state index contributed by atoms with van der Waals surface area (Å²) in [6.45, 7) is 4.33. The molecule has 5 nitrogen and oxygen atoms in total. The topological polar surface area (TPSA) is 76.2 Å². The number of rotatable bonds is 7. The van der Waals surface area contributed by atoms with Gasteiger partial charge < -0.3 is 9.63 Å². The summed E-state index contributed by atoms with van der Waals surface area (Å²) in [6.07, 6.45) is 5.95. The van der Waals surface area contributed by atoms with Gasteiger partial charge in [0.05, 0.1) is 11.2 Å². The van der Waals surface area contributed by atoms with Crippen LogP contribution in [0.4, 0.5) is 0 Å². The van der Waals surface area contributed by atoms with E-state index < -0.39 is 11.4 Å². The van der Waals surface area contributed by atoms with Crippen LogP contribution in [0.3, 0.4) is 0 Å². The molecular formula is C15H24N2O3S. The van der Waals surface area contributed by atoms with Gasteiger partial charge in [-0.15, -0.1) is 0 Å². The van der Waals surface area contributed by atoms with Gasteiger partial charge in [-0.3, -0.25) is 4.79 Å². The van der Waals surface area contributed by atoms with Gasteiger partial charge >= 0.3 is 5.97 Å². The van der Waals surface area contributed by atoms with E-state index >= 15 is 0 Å². The van der Waals surface area contributed by atoms with Crippen LogP contribution in [0.15, 0.2) is 4.52 Å². The second-order valence-corrected chi connectivity index (χ2v) is 7.38. The summed E-state index contributed by atoms with van der Waals surface area (Å²) in [7, 11) is 0. The highest BCUT2D eigenvalue weighted by molar-refractivity contribution is 7.99. The Labute approximate surface area is 129 Å². The molecule has 6 heteroatoms. The van der Waals surface area contributed by atoms with Gasteiger partial charge in [0.1, 0.15) is 0 Å². The summed E-state index contributed by atoms with van der Waals surface area (Å²) < 4.78 is 5.27. The molecule has 1 fully saturated rings. The highest BCUT2D eigenvalue weighted by Crippen LogP contribution is 2.39. The van der Waals surface area contributed by atoms with Gasteiger partial charge in [0, 0.05) is 11.7 Å². The summed E-state index contributed by atoms with van der Waals surface area (Å²) in [6, 6.07) is 0. The molecular weight excluding hydrogens is 288 g/mol. The van der Waals surface area contributed by atoms with Gasteiger partial charge in [0.15, 0.2) is 5.82 Å². The maximum atomic E-state index is 11.6. The first-order chi connectivity index (χ1) is 10.1. The van der Waals surface area contributed by atoms with E-state index in [1.165, 1.54) is 0 Å². The molecule has 0 spiro atoms. The summed E-state index contributed by atoms with van der Waals surface area (Å²) in [5, 5.41) is 14.1. The third-order valence-electron chi connectivity index (χ3n) is 4.34. The van der Waals surface area contributed by atoms with E-state index in [-0.39, 0.29) is 0 Å². The molecule has 1 aromatic heterocycles. The average molecular weight is 312 g/mol. The Balaban J connectivity index is 1.98. The molecule has 2 rings (SSSR count). The van der Waals surface area contributed by atoms with Crippen molar-refractivity contribution in [3.63, 3.8) is 0 Å². The molecule has 0 aromatic carbocycles. The van der Waals surface area contributed by atoms with Gasteiger partial charge in [-0.1, -0.05) is 38.3 Å². The Morgan fingerprint density at radius 2 is 2.14 bits per heavy atom. The number of aromatic nitrogens is 2. The van der Waals surface area contributed by atoms with Crippen LogP contribution in [0.5, 0.6) is 0 Å². The fourth-order valence-corrected chi connectivity index (χ4v) is 3.53. The maximum absolute atomic E-state index is 11.6. The lowest BCUT2D eigenvalue weighted by Crippen LogP contribution is -2.35. The molecule has 0 radical (unpaired) electrons. The summed E-state index contributed by atoms with van der Waals surface area (Å²) in [4.78, 5) is 16.0. The van der Waals surface area contributed by atoms with Gasteiger partial charge in [0.2, 0.25) is 5.89 Å².